The second-order valence-corrected chi connectivity index (χ2v) is 4.39. The number of pyridine rings is 1. The van der Waals surface area contributed by atoms with E-state index in [0.29, 0.717) is 17.3 Å². The summed E-state index contributed by atoms with van der Waals surface area (Å²) in [6, 6.07) is 9.77. The third kappa shape index (κ3) is 4.41. The summed E-state index contributed by atoms with van der Waals surface area (Å²) in [4.78, 5) is 13.9. The minimum absolute atomic E-state index is 0.0723. The van der Waals surface area contributed by atoms with Gasteiger partial charge in [-0.2, -0.15) is 10.4 Å². The Morgan fingerprint density at radius 3 is 2.88 bits per heavy atom. The van der Waals surface area contributed by atoms with Gasteiger partial charge in [-0.25, -0.2) is 4.98 Å². The lowest BCUT2D eigenvalue weighted by molar-refractivity contribution is -0.385. The highest BCUT2D eigenvalue weighted by Crippen LogP contribution is 2.27. The number of hydrazone groups is 1. The van der Waals surface area contributed by atoms with Gasteiger partial charge in [0.15, 0.2) is 18.1 Å². The number of aromatic nitrogens is 1. The predicted octanol–water partition coefficient (Wildman–Crippen LogP) is 2.35. The van der Waals surface area contributed by atoms with E-state index in [1.165, 1.54) is 25.5 Å². The van der Waals surface area contributed by atoms with E-state index in [1.807, 2.05) is 6.07 Å². The molecule has 0 aliphatic rings. The van der Waals surface area contributed by atoms with Gasteiger partial charge < -0.3 is 9.47 Å². The molecular weight excluding hydrogens is 314 g/mol. The minimum atomic E-state index is -0.526. The van der Waals surface area contributed by atoms with Crippen molar-refractivity contribution < 1.29 is 14.4 Å². The lowest BCUT2D eigenvalue weighted by atomic mass is 10.2. The van der Waals surface area contributed by atoms with Crippen LogP contribution in [0, 0.1) is 21.4 Å². The van der Waals surface area contributed by atoms with Gasteiger partial charge in [-0.1, -0.05) is 0 Å². The summed E-state index contributed by atoms with van der Waals surface area (Å²) in [6.07, 6.45) is 2.67. The van der Waals surface area contributed by atoms with Crippen LogP contribution in [0.2, 0.25) is 0 Å². The van der Waals surface area contributed by atoms with Gasteiger partial charge in [0, 0.05) is 6.07 Å². The SMILES string of the molecule is COc1cc(/C=N\Nc2ccc([N+](=O)[O-])cn2)ccc1OCC#N. The molecule has 0 amide bonds. The van der Waals surface area contributed by atoms with Crippen molar-refractivity contribution in [3.05, 3.63) is 52.2 Å². The second kappa shape index (κ2) is 8.09. The third-order valence-electron chi connectivity index (χ3n) is 2.83. The summed E-state index contributed by atoms with van der Waals surface area (Å²) in [5, 5.41) is 23.1. The maximum atomic E-state index is 10.5. The van der Waals surface area contributed by atoms with Crippen LogP contribution >= 0.6 is 0 Å². The molecule has 0 aliphatic carbocycles. The molecule has 0 fully saturated rings. The second-order valence-electron chi connectivity index (χ2n) is 4.39. The number of hydrogen-bond acceptors (Lipinski definition) is 8. The number of nitriles is 1. The summed E-state index contributed by atoms with van der Waals surface area (Å²) in [5.41, 5.74) is 3.30. The molecular formula is C15H13N5O4. The van der Waals surface area contributed by atoms with E-state index < -0.39 is 4.92 Å². The summed E-state index contributed by atoms with van der Waals surface area (Å²) in [7, 11) is 1.49. The molecule has 1 aromatic heterocycles. The fraction of sp³-hybridized carbons (Fsp3) is 0.133. The standard InChI is InChI=1S/C15H13N5O4/c1-23-14-8-11(2-4-13(14)24-7-6-16)9-18-19-15-5-3-12(10-17-15)20(21)22/h2-5,8-10H,7H2,1H3,(H,17,19)/b18-9-. The number of benzene rings is 1. The average molecular weight is 327 g/mol. The van der Waals surface area contributed by atoms with E-state index >= 15 is 0 Å². The molecule has 24 heavy (non-hydrogen) atoms. The highest BCUT2D eigenvalue weighted by atomic mass is 16.6. The molecule has 1 N–H and O–H groups in total. The summed E-state index contributed by atoms with van der Waals surface area (Å²) < 4.78 is 10.4. The van der Waals surface area contributed by atoms with Gasteiger partial charge in [0.2, 0.25) is 0 Å². The van der Waals surface area contributed by atoms with Gasteiger partial charge in [-0.3, -0.25) is 15.5 Å². The van der Waals surface area contributed by atoms with E-state index in [2.05, 4.69) is 15.5 Å². The van der Waals surface area contributed by atoms with Crippen molar-refractivity contribution in [3.63, 3.8) is 0 Å². The van der Waals surface area contributed by atoms with Crippen LogP contribution in [0.15, 0.2) is 41.6 Å². The van der Waals surface area contributed by atoms with Gasteiger partial charge in [0.05, 0.1) is 18.2 Å². The molecule has 1 heterocycles. The fourth-order valence-electron chi connectivity index (χ4n) is 1.73. The molecule has 122 valence electrons. The van der Waals surface area contributed by atoms with E-state index in [0.717, 1.165) is 11.8 Å². The lowest BCUT2D eigenvalue weighted by Crippen LogP contribution is -1.98. The van der Waals surface area contributed by atoms with Crippen LogP contribution in [-0.4, -0.2) is 29.8 Å². The molecule has 0 bridgehead atoms. The molecule has 0 aliphatic heterocycles. The van der Waals surface area contributed by atoms with Crippen molar-refractivity contribution in [3.8, 4) is 17.6 Å². The number of methoxy groups -OCH3 is 1. The van der Waals surface area contributed by atoms with E-state index in [-0.39, 0.29) is 12.3 Å². The van der Waals surface area contributed by atoms with E-state index in [1.54, 1.807) is 18.2 Å². The van der Waals surface area contributed by atoms with Crippen LogP contribution in [0.5, 0.6) is 11.5 Å². The van der Waals surface area contributed by atoms with Crippen LogP contribution in [0.4, 0.5) is 11.5 Å². The maximum Gasteiger partial charge on any atom is 0.287 e. The molecule has 9 heteroatoms. The van der Waals surface area contributed by atoms with Crippen LogP contribution in [0.3, 0.4) is 0 Å². The predicted molar refractivity (Wildman–Crippen MR) is 86.2 cm³/mol. The Kier molecular flexibility index (Phi) is 5.63. The van der Waals surface area contributed by atoms with Crippen LogP contribution in [0.25, 0.3) is 0 Å². The number of ether oxygens (including phenoxy) is 2. The number of nitrogens with one attached hydrogen (secondary N) is 1. The fourth-order valence-corrected chi connectivity index (χ4v) is 1.73. The van der Waals surface area contributed by atoms with Crippen molar-refractivity contribution in [2.24, 2.45) is 5.10 Å². The number of nitrogens with zero attached hydrogens (tertiary/aromatic N) is 4. The van der Waals surface area contributed by atoms with Crippen molar-refractivity contribution in [2.45, 2.75) is 0 Å². The molecule has 0 spiro atoms. The van der Waals surface area contributed by atoms with E-state index in [4.69, 9.17) is 14.7 Å². The van der Waals surface area contributed by atoms with Crippen molar-refractivity contribution >= 4 is 17.7 Å². The maximum absolute atomic E-state index is 10.5. The highest BCUT2D eigenvalue weighted by molar-refractivity contribution is 5.81. The molecule has 0 saturated heterocycles. The number of rotatable bonds is 7. The topological polar surface area (TPSA) is 123 Å². The van der Waals surface area contributed by atoms with Gasteiger partial charge >= 0.3 is 0 Å². The monoisotopic (exact) mass is 327 g/mol. The van der Waals surface area contributed by atoms with Gasteiger partial charge in [0.25, 0.3) is 5.69 Å². The third-order valence-corrected chi connectivity index (χ3v) is 2.83. The summed E-state index contributed by atoms with van der Waals surface area (Å²) in [6.45, 7) is -0.0723. The van der Waals surface area contributed by atoms with E-state index in [9.17, 15) is 10.1 Å². The van der Waals surface area contributed by atoms with Crippen molar-refractivity contribution in [1.29, 1.82) is 5.26 Å². The number of nitro groups is 1. The average Bonchev–Trinajstić information content (AvgIpc) is 2.60. The zero-order valence-electron chi connectivity index (χ0n) is 12.7. The molecule has 9 nitrogen and oxygen atoms in total. The first kappa shape index (κ1) is 16.7. The highest BCUT2D eigenvalue weighted by Gasteiger charge is 2.05. The van der Waals surface area contributed by atoms with Crippen molar-refractivity contribution in [2.75, 3.05) is 19.1 Å². The molecule has 0 saturated carbocycles. The quantitative estimate of drug-likeness (QED) is 0.470. The largest absolute Gasteiger partial charge is 0.493 e. The first-order chi connectivity index (χ1) is 11.6. The molecule has 0 radical (unpaired) electrons. The number of anilines is 1. The Balaban J connectivity index is 2.03. The van der Waals surface area contributed by atoms with Crippen LogP contribution < -0.4 is 14.9 Å². The first-order valence-corrected chi connectivity index (χ1v) is 6.71. The minimum Gasteiger partial charge on any atom is -0.493 e. The molecule has 2 rings (SSSR count). The van der Waals surface area contributed by atoms with Gasteiger partial charge in [-0.15, -0.1) is 0 Å². The molecule has 1 aromatic carbocycles. The molecule has 0 atom stereocenters. The Morgan fingerprint density at radius 1 is 1.42 bits per heavy atom. The smallest absolute Gasteiger partial charge is 0.287 e. The Morgan fingerprint density at radius 2 is 2.25 bits per heavy atom. The normalized spacial score (nSPS) is 10.2. The van der Waals surface area contributed by atoms with Crippen LogP contribution in [-0.2, 0) is 0 Å². The Bertz CT molecular complexity index is 783. The number of hydrogen-bond donors (Lipinski definition) is 1. The first-order valence-electron chi connectivity index (χ1n) is 6.71. The molecule has 2 aromatic rings. The summed E-state index contributed by atoms with van der Waals surface area (Å²) >= 11 is 0. The lowest BCUT2D eigenvalue weighted by Gasteiger charge is -2.08. The van der Waals surface area contributed by atoms with Crippen LogP contribution in [0.1, 0.15) is 5.56 Å². The van der Waals surface area contributed by atoms with Crippen molar-refractivity contribution in [1.82, 2.24) is 4.98 Å². The Hall–Kier alpha value is -3.67. The van der Waals surface area contributed by atoms with Gasteiger partial charge in [-0.05, 0) is 29.8 Å². The zero-order chi connectivity index (χ0) is 17.4. The Labute approximate surface area is 137 Å². The zero-order valence-corrected chi connectivity index (χ0v) is 12.7. The molecule has 0 unspecified atom stereocenters. The van der Waals surface area contributed by atoms with Gasteiger partial charge in [0.1, 0.15) is 18.1 Å². The summed E-state index contributed by atoms with van der Waals surface area (Å²) in [5.74, 6) is 1.31.